The Morgan fingerprint density at radius 3 is 1.05 bits per heavy atom. The molecule has 0 aliphatic heterocycles. The van der Waals surface area contributed by atoms with Crippen LogP contribution in [0.2, 0.25) is 0 Å². The number of amides is 6. The Balaban J connectivity index is 1.47. The third-order valence-electron chi connectivity index (χ3n) is 16.5. The summed E-state index contributed by atoms with van der Waals surface area (Å²) < 4.78 is 89.6. The second-order valence-corrected chi connectivity index (χ2v) is 31.3. The summed E-state index contributed by atoms with van der Waals surface area (Å²) in [7, 11) is -11.6. The van der Waals surface area contributed by atoms with Gasteiger partial charge in [-0.05, 0) is 92.4 Å². The molecule has 5 aromatic carbocycles. The SMILES string of the molecule is CNC(=O)CN(C[C@H](Cc1ccccc1)NC(=O)[C@H](Cc1ccccc1)NC(=O)CN(C[C@H](CCCCN)NC(=O)[C@H](Cc1ccccc1)NC(=O)CN(C[C@H](CCCCN)NC(=O)C(CCCCN)NC(C)C)S(=O)(=O)Cc1ccccc1)S(=O)(=O)CCN)S(=O)(=O)Cc1ccccc1. The Kier molecular flexibility index (Phi) is 36.5. The van der Waals surface area contributed by atoms with Crippen LogP contribution in [0.5, 0.6) is 0 Å². The van der Waals surface area contributed by atoms with Crippen molar-refractivity contribution in [3.8, 4) is 0 Å². The maximum absolute atomic E-state index is 15.1. The molecular weight excluding hydrogens is 1340 g/mol. The number of benzene rings is 5. The van der Waals surface area contributed by atoms with Crippen LogP contribution in [-0.4, -0.2) is 194 Å². The number of sulfonamides is 3. The van der Waals surface area contributed by atoms with Crippen LogP contribution in [-0.2, 0) is 89.6 Å². The van der Waals surface area contributed by atoms with E-state index < -0.39 is 139 Å². The summed E-state index contributed by atoms with van der Waals surface area (Å²) in [5.41, 5.74) is 26.4. The lowest BCUT2D eigenvalue weighted by Crippen LogP contribution is -2.57. The smallest absolute Gasteiger partial charge is 0.243 e. The Morgan fingerprint density at radius 2 is 0.690 bits per heavy atom. The number of nitrogens with one attached hydrogen (secondary N) is 7. The van der Waals surface area contributed by atoms with Crippen LogP contribution < -0.4 is 60.2 Å². The van der Waals surface area contributed by atoms with E-state index in [-0.39, 0.29) is 63.8 Å². The van der Waals surface area contributed by atoms with Crippen LogP contribution in [0, 0.1) is 0 Å². The Morgan fingerprint density at radius 1 is 0.370 bits per heavy atom. The predicted octanol–water partition coefficient (Wildman–Crippen LogP) is 1.89. The van der Waals surface area contributed by atoms with Gasteiger partial charge in [0.2, 0.25) is 65.5 Å². The van der Waals surface area contributed by atoms with Gasteiger partial charge in [0, 0.05) is 70.2 Å². The van der Waals surface area contributed by atoms with Crippen molar-refractivity contribution in [2.75, 3.05) is 78.2 Å². The monoisotopic (exact) mass is 1440 g/mol. The first-order chi connectivity index (χ1) is 47.9. The highest BCUT2D eigenvalue weighted by molar-refractivity contribution is 7.89. The zero-order chi connectivity index (χ0) is 72.9. The molecule has 0 saturated carbocycles. The number of rotatable bonds is 49. The molecule has 0 spiro atoms. The molecule has 0 saturated heterocycles. The summed E-state index contributed by atoms with van der Waals surface area (Å²) in [4.78, 5) is 86.5. The van der Waals surface area contributed by atoms with Gasteiger partial charge >= 0.3 is 0 Å². The lowest BCUT2D eigenvalue weighted by atomic mass is 10.0. The normalized spacial score (nSPS) is 13.8. The molecule has 550 valence electrons. The summed E-state index contributed by atoms with van der Waals surface area (Å²) in [5, 5.41) is 20.3. The number of nitrogens with two attached hydrogens (primary N) is 4. The van der Waals surface area contributed by atoms with Crippen molar-refractivity contribution >= 4 is 65.5 Å². The zero-order valence-electron chi connectivity index (χ0n) is 57.9. The quantitative estimate of drug-likeness (QED) is 0.0248. The largest absolute Gasteiger partial charge is 0.358 e. The highest BCUT2D eigenvalue weighted by Gasteiger charge is 2.36. The molecule has 0 fully saturated rings. The summed E-state index contributed by atoms with van der Waals surface area (Å²) in [6.07, 6.45) is 4.03. The van der Waals surface area contributed by atoms with Crippen molar-refractivity contribution in [3.05, 3.63) is 179 Å². The Bertz CT molecular complexity index is 3610. The summed E-state index contributed by atoms with van der Waals surface area (Å²) >= 11 is 0. The van der Waals surface area contributed by atoms with Crippen molar-refractivity contribution < 1.29 is 54.0 Å². The fraction of sp³-hybridized carbons (Fsp3) is 0.493. The van der Waals surface area contributed by atoms with Gasteiger partial charge in [-0.3, -0.25) is 28.8 Å². The first-order valence-corrected chi connectivity index (χ1v) is 39.1. The van der Waals surface area contributed by atoms with Crippen LogP contribution in [0.3, 0.4) is 0 Å². The molecule has 0 heterocycles. The lowest BCUT2D eigenvalue weighted by Gasteiger charge is -2.31. The fourth-order valence-corrected chi connectivity index (χ4v) is 15.7. The van der Waals surface area contributed by atoms with Gasteiger partial charge in [-0.2, -0.15) is 12.9 Å². The third kappa shape index (κ3) is 30.7. The van der Waals surface area contributed by atoms with Gasteiger partial charge in [-0.25, -0.2) is 25.3 Å². The first-order valence-electron chi connectivity index (χ1n) is 34.3. The number of nitrogens with zero attached hydrogens (tertiary/aromatic N) is 3. The molecule has 0 bridgehead atoms. The number of unbranched alkanes of at least 4 members (excludes halogenated alkanes) is 3. The van der Waals surface area contributed by atoms with Crippen molar-refractivity contribution in [2.45, 2.75) is 145 Å². The topological polar surface area (TPSA) is 403 Å². The first kappa shape index (κ1) is 83.1. The van der Waals surface area contributed by atoms with E-state index in [0.717, 1.165) is 12.9 Å². The van der Waals surface area contributed by atoms with Crippen LogP contribution in [0.25, 0.3) is 0 Å². The predicted molar refractivity (Wildman–Crippen MR) is 391 cm³/mol. The average molecular weight is 1440 g/mol. The molecule has 100 heavy (non-hydrogen) atoms. The van der Waals surface area contributed by atoms with Gasteiger partial charge in [0.15, 0.2) is 0 Å². The molecule has 6 atom stereocenters. The minimum absolute atomic E-state index is 0.0675. The third-order valence-corrected chi connectivity index (χ3v) is 21.8. The van der Waals surface area contributed by atoms with Gasteiger partial charge in [-0.1, -0.05) is 185 Å². The highest BCUT2D eigenvalue weighted by Crippen LogP contribution is 2.19. The Hall–Kier alpha value is -7.55. The molecule has 0 aliphatic rings. The molecule has 1 unspecified atom stereocenters. The number of likely N-dealkylation sites (N-methyl/N-ethyl adjacent to an activating group) is 1. The minimum atomic E-state index is -4.44. The summed E-state index contributed by atoms with van der Waals surface area (Å²) in [5.74, 6) is -5.84. The lowest BCUT2D eigenvalue weighted by molar-refractivity contribution is -0.130. The Labute approximate surface area is 591 Å². The van der Waals surface area contributed by atoms with E-state index >= 15 is 4.79 Å². The molecule has 5 rings (SSSR count). The minimum Gasteiger partial charge on any atom is -0.358 e. The van der Waals surface area contributed by atoms with Gasteiger partial charge in [0.1, 0.15) is 12.1 Å². The molecule has 0 aliphatic carbocycles. The van der Waals surface area contributed by atoms with Crippen molar-refractivity contribution in [1.82, 2.24) is 50.1 Å². The van der Waals surface area contributed by atoms with Crippen LogP contribution >= 0.6 is 0 Å². The number of carbonyl (C=O) groups is 6. The maximum Gasteiger partial charge on any atom is 0.243 e. The molecule has 0 aromatic heterocycles. The zero-order valence-corrected chi connectivity index (χ0v) is 60.4. The van der Waals surface area contributed by atoms with E-state index in [2.05, 4.69) is 37.2 Å². The van der Waals surface area contributed by atoms with Crippen molar-refractivity contribution in [1.29, 1.82) is 0 Å². The molecule has 5 aromatic rings. The standard InChI is InChI=1S/C71H106N14O12S3/c1-54(2)77-63(37-21-24-40-74)69(89)78-61(36-20-23-39-73)47-84(99(94,95)52-58-31-15-7-16-32-58)51-68(88)81-64(44-56-27-11-5-12-28-56)70(90)79-60(35-19-22-38-72)46-83(98(92,93)42-41-75)50-67(87)82-65(45-57-29-13-6-14-30-57)71(91)80-62(43-55-25-9-4-10-26-55)48-85(49-66(86)76-3)100(96,97)53-59-33-17-8-18-34-59/h4-18,25-34,54,60-65,77H,19-24,35-53,72-75H2,1-3H3,(H,76,86)(H,78,89)(H,79,90)(H,80,91)(H,81,88)(H,82,87)/t60-,61-,62-,63?,64-,65-/m0/s1. The average Bonchev–Trinajstić information content (AvgIpc) is 0.838. The van der Waals surface area contributed by atoms with Crippen LogP contribution in [0.1, 0.15) is 99.5 Å². The number of hydrogen-bond donors (Lipinski definition) is 11. The van der Waals surface area contributed by atoms with Gasteiger partial charge in [0.25, 0.3) is 0 Å². The maximum atomic E-state index is 15.1. The molecule has 29 heteroatoms. The second-order valence-electron chi connectivity index (χ2n) is 25.3. The van der Waals surface area contributed by atoms with Crippen molar-refractivity contribution in [2.24, 2.45) is 22.9 Å². The van der Waals surface area contributed by atoms with Gasteiger partial charge < -0.3 is 60.2 Å². The van der Waals surface area contributed by atoms with Crippen molar-refractivity contribution in [3.63, 3.8) is 0 Å². The van der Waals surface area contributed by atoms with E-state index in [1.165, 1.54) is 7.05 Å². The van der Waals surface area contributed by atoms with E-state index in [1.54, 1.807) is 152 Å². The molecule has 6 amide bonds. The van der Waals surface area contributed by atoms with Crippen LogP contribution in [0.15, 0.2) is 152 Å². The van der Waals surface area contributed by atoms with Gasteiger partial charge in [0.05, 0.1) is 42.9 Å². The van der Waals surface area contributed by atoms with E-state index in [9.17, 15) is 49.2 Å². The summed E-state index contributed by atoms with van der Waals surface area (Å²) in [6.45, 7) is 1.09. The highest BCUT2D eigenvalue weighted by atomic mass is 32.2. The van der Waals surface area contributed by atoms with Gasteiger partial charge in [-0.15, -0.1) is 0 Å². The van der Waals surface area contributed by atoms with E-state index in [1.807, 2.05) is 13.8 Å². The van der Waals surface area contributed by atoms with E-state index in [0.29, 0.717) is 92.3 Å². The number of hydrogen-bond acceptors (Lipinski definition) is 17. The molecule has 15 N–H and O–H groups in total. The molecule has 0 radical (unpaired) electrons. The van der Waals surface area contributed by atoms with E-state index in [4.69, 9.17) is 22.9 Å². The fourth-order valence-electron chi connectivity index (χ4n) is 11.4. The summed E-state index contributed by atoms with van der Waals surface area (Å²) in [6, 6.07) is 36.9. The van der Waals surface area contributed by atoms with Crippen LogP contribution in [0.4, 0.5) is 0 Å². The second kappa shape index (κ2) is 44.0. The molecular formula is C71H106N14O12S3. The molecule has 26 nitrogen and oxygen atoms in total. The number of carbonyl (C=O) groups excluding carboxylic acids is 6.